The van der Waals surface area contributed by atoms with Gasteiger partial charge in [0.25, 0.3) is 0 Å². The van der Waals surface area contributed by atoms with E-state index in [-0.39, 0.29) is 0 Å². The molecule has 1 aliphatic heterocycles. The monoisotopic (exact) mass is 237 g/mol. The fourth-order valence-electron chi connectivity index (χ4n) is 2.27. The molecule has 0 aromatic carbocycles. The number of ether oxygens (including phenoxy) is 1. The fraction of sp³-hybridized carbons (Fsp3) is 0.667. The first-order valence-electron chi connectivity index (χ1n) is 6.00. The van der Waals surface area contributed by atoms with Crippen molar-refractivity contribution in [3.05, 3.63) is 18.1 Å². The van der Waals surface area contributed by atoms with Crippen LogP contribution in [0.2, 0.25) is 0 Å². The Morgan fingerprint density at radius 1 is 1.35 bits per heavy atom. The number of piperidine rings is 1. The zero-order valence-electron chi connectivity index (χ0n) is 10.4. The second-order valence-corrected chi connectivity index (χ2v) is 4.38. The Hall–Kier alpha value is -1.20. The third kappa shape index (κ3) is 2.40. The minimum atomic E-state index is -0.898. The van der Waals surface area contributed by atoms with Crippen molar-refractivity contribution in [3.63, 3.8) is 0 Å². The third-order valence-corrected chi connectivity index (χ3v) is 3.43. The minimum Gasteiger partial charge on any atom is -0.480 e. The molecule has 0 amide bonds. The molecule has 0 radical (unpaired) electrons. The number of hydrogen-bond donors (Lipinski definition) is 1. The van der Waals surface area contributed by atoms with Gasteiger partial charge in [-0.3, -0.25) is 4.98 Å². The van der Waals surface area contributed by atoms with Crippen LogP contribution in [0.4, 0.5) is 0 Å². The van der Waals surface area contributed by atoms with Crippen LogP contribution in [0.3, 0.4) is 0 Å². The predicted octanol–water partition coefficient (Wildman–Crippen LogP) is 0.788. The first-order valence-corrected chi connectivity index (χ1v) is 6.00. The molecule has 2 heterocycles. The summed E-state index contributed by atoms with van der Waals surface area (Å²) in [5, 5.41) is 10.7. The summed E-state index contributed by atoms with van der Waals surface area (Å²) in [6.45, 7) is 4.92. The Bertz CT molecular complexity index is 376. The van der Waals surface area contributed by atoms with Crippen LogP contribution in [-0.2, 0) is 5.60 Å². The van der Waals surface area contributed by atoms with Crippen molar-refractivity contribution in [1.29, 1.82) is 0 Å². The molecule has 0 atom stereocenters. The summed E-state index contributed by atoms with van der Waals surface area (Å²) in [6.07, 6.45) is 4.53. The van der Waals surface area contributed by atoms with Crippen molar-refractivity contribution in [2.24, 2.45) is 0 Å². The first-order chi connectivity index (χ1) is 8.19. The van der Waals surface area contributed by atoms with Gasteiger partial charge in [-0.25, -0.2) is 4.98 Å². The molecule has 0 saturated carbocycles. The predicted molar refractivity (Wildman–Crippen MR) is 63.8 cm³/mol. The average Bonchev–Trinajstić information content (AvgIpc) is 2.39. The summed E-state index contributed by atoms with van der Waals surface area (Å²) in [4.78, 5) is 10.7. The lowest BCUT2D eigenvalue weighted by atomic mass is 9.88. The quantitative estimate of drug-likeness (QED) is 0.842. The molecule has 1 fully saturated rings. The molecule has 1 aromatic rings. The number of hydrogen-bond acceptors (Lipinski definition) is 5. The van der Waals surface area contributed by atoms with Crippen LogP contribution in [0, 0.1) is 0 Å². The van der Waals surface area contributed by atoms with E-state index in [0.29, 0.717) is 24.4 Å². The Morgan fingerprint density at radius 3 is 2.59 bits per heavy atom. The van der Waals surface area contributed by atoms with Gasteiger partial charge >= 0.3 is 0 Å². The lowest BCUT2D eigenvalue weighted by Crippen LogP contribution is -2.43. The Morgan fingerprint density at radius 2 is 2.00 bits per heavy atom. The highest BCUT2D eigenvalue weighted by Gasteiger charge is 2.37. The summed E-state index contributed by atoms with van der Waals surface area (Å²) >= 11 is 0. The van der Waals surface area contributed by atoms with E-state index in [4.69, 9.17) is 4.74 Å². The molecule has 17 heavy (non-hydrogen) atoms. The minimum absolute atomic E-state index is 0.431. The highest BCUT2D eigenvalue weighted by atomic mass is 16.5. The van der Waals surface area contributed by atoms with Crippen LogP contribution in [0.5, 0.6) is 5.88 Å². The number of aromatic nitrogens is 2. The van der Waals surface area contributed by atoms with Crippen LogP contribution in [0.1, 0.15) is 25.5 Å². The van der Waals surface area contributed by atoms with E-state index < -0.39 is 5.60 Å². The summed E-state index contributed by atoms with van der Waals surface area (Å²) in [7, 11) is 1.55. The van der Waals surface area contributed by atoms with Crippen LogP contribution < -0.4 is 4.74 Å². The zero-order valence-corrected chi connectivity index (χ0v) is 10.4. The Labute approximate surface area is 101 Å². The molecule has 5 nitrogen and oxygen atoms in total. The lowest BCUT2D eigenvalue weighted by molar-refractivity contribution is -0.0302. The maximum Gasteiger partial charge on any atom is 0.238 e. The number of rotatable bonds is 3. The van der Waals surface area contributed by atoms with Gasteiger partial charge in [0.1, 0.15) is 11.3 Å². The maximum absolute atomic E-state index is 10.7. The van der Waals surface area contributed by atoms with Crippen molar-refractivity contribution >= 4 is 0 Å². The lowest BCUT2D eigenvalue weighted by Gasteiger charge is -2.37. The van der Waals surface area contributed by atoms with Crippen LogP contribution >= 0.6 is 0 Å². The largest absolute Gasteiger partial charge is 0.480 e. The summed E-state index contributed by atoms with van der Waals surface area (Å²) < 4.78 is 5.17. The molecular weight excluding hydrogens is 218 g/mol. The molecule has 0 aliphatic carbocycles. The molecule has 1 aliphatic rings. The van der Waals surface area contributed by atoms with Gasteiger partial charge in [0.05, 0.1) is 7.11 Å². The molecule has 94 valence electrons. The third-order valence-electron chi connectivity index (χ3n) is 3.43. The smallest absolute Gasteiger partial charge is 0.238 e. The van der Waals surface area contributed by atoms with E-state index in [1.54, 1.807) is 19.5 Å². The van der Waals surface area contributed by atoms with Crippen LogP contribution in [0.15, 0.2) is 12.4 Å². The summed E-state index contributed by atoms with van der Waals surface area (Å²) in [5.74, 6) is 0.431. The molecule has 5 heteroatoms. The van der Waals surface area contributed by atoms with Crippen molar-refractivity contribution < 1.29 is 9.84 Å². The molecule has 1 saturated heterocycles. The van der Waals surface area contributed by atoms with Gasteiger partial charge in [-0.2, -0.15) is 0 Å². The number of likely N-dealkylation sites (tertiary alicyclic amines) is 1. The molecular formula is C12H19N3O2. The molecule has 2 rings (SSSR count). The molecule has 0 bridgehead atoms. The highest BCUT2D eigenvalue weighted by Crippen LogP contribution is 2.35. The van der Waals surface area contributed by atoms with E-state index in [1.807, 2.05) is 0 Å². The van der Waals surface area contributed by atoms with Crippen molar-refractivity contribution in [2.45, 2.75) is 25.4 Å². The van der Waals surface area contributed by atoms with Gasteiger partial charge in [0.2, 0.25) is 5.88 Å². The van der Waals surface area contributed by atoms with Gasteiger partial charge < -0.3 is 14.7 Å². The summed E-state index contributed by atoms with van der Waals surface area (Å²) in [5.41, 5.74) is -0.330. The zero-order chi connectivity index (χ0) is 12.3. The van der Waals surface area contributed by atoms with Crippen molar-refractivity contribution in [1.82, 2.24) is 14.9 Å². The normalized spacial score (nSPS) is 20.2. The van der Waals surface area contributed by atoms with E-state index in [2.05, 4.69) is 21.8 Å². The van der Waals surface area contributed by atoms with E-state index in [0.717, 1.165) is 19.6 Å². The van der Waals surface area contributed by atoms with Crippen LogP contribution in [-0.4, -0.2) is 46.7 Å². The topological polar surface area (TPSA) is 58.5 Å². The molecule has 0 unspecified atom stereocenters. The highest BCUT2D eigenvalue weighted by molar-refractivity contribution is 5.25. The number of nitrogens with zero attached hydrogens (tertiary/aromatic N) is 3. The molecule has 0 spiro atoms. The van der Waals surface area contributed by atoms with Gasteiger partial charge in [-0.05, 0) is 19.4 Å². The van der Waals surface area contributed by atoms with E-state index in [9.17, 15) is 5.11 Å². The number of aliphatic hydroxyl groups is 1. The van der Waals surface area contributed by atoms with Gasteiger partial charge in [0, 0.05) is 25.5 Å². The van der Waals surface area contributed by atoms with Gasteiger partial charge in [-0.15, -0.1) is 0 Å². The fourth-order valence-corrected chi connectivity index (χ4v) is 2.27. The second kappa shape index (κ2) is 4.98. The average molecular weight is 237 g/mol. The maximum atomic E-state index is 10.7. The van der Waals surface area contributed by atoms with E-state index in [1.165, 1.54) is 0 Å². The van der Waals surface area contributed by atoms with Crippen LogP contribution in [0.25, 0.3) is 0 Å². The first kappa shape index (κ1) is 12.3. The van der Waals surface area contributed by atoms with Gasteiger partial charge in [0.15, 0.2) is 0 Å². The summed E-state index contributed by atoms with van der Waals surface area (Å²) in [6, 6.07) is 0. The van der Waals surface area contributed by atoms with Crippen molar-refractivity contribution in [2.75, 3.05) is 26.7 Å². The molecule has 1 N–H and O–H groups in total. The SMILES string of the molecule is CCN1CCC(O)(c2nccnc2OC)CC1. The second-order valence-electron chi connectivity index (χ2n) is 4.38. The molecule has 1 aromatic heterocycles. The van der Waals surface area contributed by atoms with E-state index >= 15 is 0 Å². The van der Waals surface area contributed by atoms with Crippen molar-refractivity contribution in [3.8, 4) is 5.88 Å². The Kier molecular flexibility index (Phi) is 3.59. The Balaban J connectivity index is 2.21. The standard InChI is InChI=1S/C12H19N3O2/c1-3-15-8-4-12(16,5-9-15)10-11(17-2)14-7-6-13-10/h6-7,16H,3-5,8-9H2,1-2H3. The van der Waals surface area contributed by atoms with Gasteiger partial charge in [-0.1, -0.05) is 6.92 Å². The number of methoxy groups -OCH3 is 1.